The Morgan fingerprint density at radius 1 is 1.00 bits per heavy atom. The van der Waals surface area contributed by atoms with E-state index in [0.717, 1.165) is 5.16 Å². The van der Waals surface area contributed by atoms with Gasteiger partial charge in [0.05, 0.1) is 5.25 Å². The Hall–Kier alpha value is -2.07. The minimum absolute atomic E-state index is 0.218. The first kappa shape index (κ1) is 13.9. The SMILES string of the molecule is Cc1ccccc1C(Sc1nncn1C)c1ccccc1. The first-order valence-electron chi connectivity index (χ1n) is 6.87. The zero-order valence-corrected chi connectivity index (χ0v) is 12.9. The molecule has 2 aromatic carbocycles. The summed E-state index contributed by atoms with van der Waals surface area (Å²) in [5.41, 5.74) is 3.89. The van der Waals surface area contributed by atoms with Crippen molar-refractivity contribution in [2.75, 3.05) is 0 Å². The van der Waals surface area contributed by atoms with E-state index in [-0.39, 0.29) is 5.25 Å². The van der Waals surface area contributed by atoms with Gasteiger partial charge in [-0.05, 0) is 23.6 Å². The summed E-state index contributed by atoms with van der Waals surface area (Å²) in [5.74, 6) is 0. The standard InChI is InChI=1S/C17H17N3S/c1-13-8-6-7-11-15(13)16(14-9-4-3-5-10-14)21-17-19-18-12-20(17)2/h3-12,16H,1-2H3. The molecule has 0 aliphatic rings. The highest BCUT2D eigenvalue weighted by Crippen LogP contribution is 2.40. The summed E-state index contributed by atoms with van der Waals surface area (Å²) in [7, 11) is 1.97. The normalized spacial score (nSPS) is 12.3. The molecule has 1 atom stereocenters. The molecule has 0 saturated heterocycles. The molecule has 0 saturated carbocycles. The summed E-state index contributed by atoms with van der Waals surface area (Å²) >= 11 is 1.73. The lowest BCUT2D eigenvalue weighted by Crippen LogP contribution is -2.01. The van der Waals surface area contributed by atoms with Gasteiger partial charge in [0.15, 0.2) is 5.16 Å². The Kier molecular flexibility index (Phi) is 4.06. The second-order valence-corrected chi connectivity index (χ2v) is 6.06. The van der Waals surface area contributed by atoms with E-state index < -0.39 is 0 Å². The number of hydrogen-bond donors (Lipinski definition) is 0. The van der Waals surface area contributed by atoms with Crippen LogP contribution in [0.3, 0.4) is 0 Å². The molecule has 21 heavy (non-hydrogen) atoms. The van der Waals surface area contributed by atoms with Crippen molar-refractivity contribution in [1.82, 2.24) is 14.8 Å². The number of benzene rings is 2. The van der Waals surface area contributed by atoms with Crippen molar-refractivity contribution in [3.63, 3.8) is 0 Å². The van der Waals surface area contributed by atoms with Gasteiger partial charge in [-0.25, -0.2) is 0 Å². The fourth-order valence-corrected chi connectivity index (χ4v) is 3.51. The predicted molar refractivity (Wildman–Crippen MR) is 86.3 cm³/mol. The quantitative estimate of drug-likeness (QED) is 0.681. The molecule has 0 N–H and O–H groups in total. The number of aryl methyl sites for hydroxylation is 2. The fraction of sp³-hybridized carbons (Fsp3) is 0.176. The second kappa shape index (κ2) is 6.14. The highest BCUT2D eigenvalue weighted by molar-refractivity contribution is 7.99. The Labute approximate surface area is 129 Å². The van der Waals surface area contributed by atoms with Crippen LogP contribution >= 0.6 is 11.8 Å². The third-order valence-corrected chi connectivity index (χ3v) is 4.81. The van der Waals surface area contributed by atoms with Gasteiger partial charge < -0.3 is 4.57 Å². The molecule has 1 heterocycles. The van der Waals surface area contributed by atoms with Crippen LogP contribution in [0.15, 0.2) is 66.1 Å². The summed E-state index contributed by atoms with van der Waals surface area (Å²) in [4.78, 5) is 0. The second-order valence-electron chi connectivity index (χ2n) is 4.99. The lowest BCUT2D eigenvalue weighted by atomic mass is 10.0. The van der Waals surface area contributed by atoms with Gasteiger partial charge in [-0.15, -0.1) is 10.2 Å². The van der Waals surface area contributed by atoms with E-state index in [2.05, 4.69) is 65.7 Å². The van der Waals surface area contributed by atoms with Crippen LogP contribution in [0.25, 0.3) is 0 Å². The highest BCUT2D eigenvalue weighted by atomic mass is 32.2. The van der Waals surface area contributed by atoms with Crippen molar-refractivity contribution in [1.29, 1.82) is 0 Å². The van der Waals surface area contributed by atoms with Crippen LogP contribution in [-0.2, 0) is 7.05 Å². The van der Waals surface area contributed by atoms with Gasteiger partial charge in [0, 0.05) is 7.05 Å². The van der Waals surface area contributed by atoms with Crippen molar-refractivity contribution >= 4 is 11.8 Å². The minimum Gasteiger partial charge on any atom is -0.312 e. The maximum atomic E-state index is 4.21. The van der Waals surface area contributed by atoms with E-state index in [4.69, 9.17) is 0 Å². The van der Waals surface area contributed by atoms with Crippen LogP contribution in [0, 0.1) is 6.92 Å². The largest absolute Gasteiger partial charge is 0.312 e. The molecule has 3 nitrogen and oxygen atoms in total. The van der Waals surface area contributed by atoms with Gasteiger partial charge in [0.2, 0.25) is 0 Å². The van der Waals surface area contributed by atoms with Crippen molar-refractivity contribution < 1.29 is 0 Å². The van der Waals surface area contributed by atoms with Gasteiger partial charge in [0.1, 0.15) is 6.33 Å². The predicted octanol–water partition coefficient (Wildman–Crippen LogP) is 4.01. The topological polar surface area (TPSA) is 30.7 Å². The molecule has 0 fully saturated rings. The van der Waals surface area contributed by atoms with Crippen LogP contribution in [0.1, 0.15) is 21.9 Å². The van der Waals surface area contributed by atoms with Crippen LogP contribution in [-0.4, -0.2) is 14.8 Å². The van der Waals surface area contributed by atoms with Crippen molar-refractivity contribution in [2.45, 2.75) is 17.3 Å². The maximum absolute atomic E-state index is 4.21. The molecular formula is C17H17N3S. The fourth-order valence-electron chi connectivity index (χ4n) is 2.30. The summed E-state index contributed by atoms with van der Waals surface area (Å²) < 4.78 is 1.96. The number of hydrogen-bond acceptors (Lipinski definition) is 3. The van der Waals surface area contributed by atoms with Gasteiger partial charge in [-0.1, -0.05) is 66.4 Å². The van der Waals surface area contributed by atoms with E-state index >= 15 is 0 Å². The van der Waals surface area contributed by atoms with Crippen LogP contribution in [0.2, 0.25) is 0 Å². The first-order valence-corrected chi connectivity index (χ1v) is 7.75. The summed E-state index contributed by atoms with van der Waals surface area (Å²) in [6.07, 6.45) is 1.74. The van der Waals surface area contributed by atoms with Crippen molar-refractivity contribution in [3.8, 4) is 0 Å². The molecule has 3 aromatic rings. The van der Waals surface area contributed by atoms with Crippen molar-refractivity contribution in [3.05, 3.63) is 77.6 Å². The first-order chi connectivity index (χ1) is 10.3. The lowest BCUT2D eigenvalue weighted by Gasteiger charge is -2.19. The minimum atomic E-state index is 0.218. The van der Waals surface area contributed by atoms with E-state index in [1.165, 1.54) is 16.7 Å². The van der Waals surface area contributed by atoms with E-state index in [9.17, 15) is 0 Å². The smallest absolute Gasteiger partial charge is 0.191 e. The third kappa shape index (κ3) is 3.00. The van der Waals surface area contributed by atoms with Gasteiger partial charge in [-0.3, -0.25) is 0 Å². The van der Waals surface area contributed by atoms with E-state index in [1.54, 1.807) is 18.1 Å². The maximum Gasteiger partial charge on any atom is 0.191 e. The molecule has 0 radical (unpaired) electrons. The number of nitrogens with zero attached hydrogens (tertiary/aromatic N) is 3. The molecule has 0 amide bonds. The van der Waals surface area contributed by atoms with Gasteiger partial charge in [-0.2, -0.15) is 0 Å². The van der Waals surface area contributed by atoms with Gasteiger partial charge in [0.25, 0.3) is 0 Å². The monoisotopic (exact) mass is 295 g/mol. The molecule has 3 rings (SSSR count). The molecular weight excluding hydrogens is 278 g/mol. The summed E-state index contributed by atoms with van der Waals surface area (Å²) in [6, 6.07) is 19.1. The zero-order chi connectivity index (χ0) is 14.7. The Bertz CT molecular complexity index is 722. The van der Waals surface area contributed by atoms with Gasteiger partial charge >= 0.3 is 0 Å². The molecule has 106 valence electrons. The molecule has 1 aromatic heterocycles. The van der Waals surface area contributed by atoms with Crippen LogP contribution in [0.4, 0.5) is 0 Å². The van der Waals surface area contributed by atoms with Crippen molar-refractivity contribution in [2.24, 2.45) is 7.05 Å². The van der Waals surface area contributed by atoms with Crippen LogP contribution in [0.5, 0.6) is 0 Å². The Morgan fingerprint density at radius 3 is 2.38 bits per heavy atom. The summed E-state index contributed by atoms with van der Waals surface area (Å²) in [6.45, 7) is 2.16. The summed E-state index contributed by atoms with van der Waals surface area (Å²) in [5, 5.41) is 9.33. The number of aromatic nitrogens is 3. The van der Waals surface area contributed by atoms with E-state index in [1.807, 2.05) is 17.7 Å². The molecule has 1 unspecified atom stereocenters. The molecule has 0 spiro atoms. The Balaban J connectivity index is 2.04. The molecule has 0 bridgehead atoms. The average Bonchev–Trinajstić information content (AvgIpc) is 2.92. The third-order valence-electron chi connectivity index (χ3n) is 3.47. The molecule has 0 aliphatic heterocycles. The Morgan fingerprint density at radius 2 is 1.71 bits per heavy atom. The highest BCUT2D eigenvalue weighted by Gasteiger charge is 2.19. The number of thioether (sulfide) groups is 1. The molecule has 4 heteroatoms. The lowest BCUT2D eigenvalue weighted by molar-refractivity contribution is 0.786. The number of rotatable bonds is 4. The van der Waals surface area contributed by atoms with E-state index in [0.29, 0.717) is 0 Å². The average molecular weight is 295 g/mol. The van der Waals surface area contributed by atoms with Crippen LogP contribution < -0.4 is 0 Å². The molecule has 0 aliphatic carbocycles. The zero-order valence-electron chi connectivity index (χ0n) is 12.1.